The van der Waals surface area contributed by atoms with Crippen molar-refractivity contribution in [2.45, 2.75) is 26.7 Å². The number of rotatable bonds is 5. The summed E-state index contributed by atoms with van der Waals surface area (Å²) in [7, 11) is 0. The fourth-order valence-electron chi connectivity index (χ4n) is 1.59. The lowest BCUT2D eigenvalue weighted by molar-refractivity contribution is 0.549. The number of anilines is 1. The van der Waals surface area contributed by atoms with Crippen LogP contribution in [0.1, 0.15) is 26.0 Å². The molecule has 0 saturated heterocycles. The molecule has 0 aromatic carbocycles. The summed E-state index contributed by atoms with van der Waals surface area (Å²) in [6.45, 7) is 5.09. The normalized spacial score (nSPS) is 10.7. The third-order valence-corrected chi connectivity index (χ3v) is 4.27. The second-order valence-electron chi connectivity index (χ2n) is 4.08. The van der Waals surface area contributed by atoms with Crippen LogP contribution in [0.15, 0.2) is 25.7 Å². The molecule has 0 aliphatic carbocycles. The smallest absolute Gasteiger partial charge is 0.197 e. The van der Waals surface area contributed by atoms with Crippen molar-refractivity contribution in [3.63, 3.8) is 0 Å². The highest BCUT2D eigenvalue weighted by Gasteiger charge is 2.13. The van der Waals surface area contributed by atoms with Crippen molar-refractivity contribution in [1.29, 1.82) is 0 Å². The van der Waals surface area contributed by atoms with Gasteiger partial charge < -0.3 is 9.73 Å². The molecule has 0 atom stereocenters. The summed E-state index contributed by atoms with van der Waals surface area (Å²) in [4.78, 5) is 8.98. The number of aromatic nitrogens is 2. The van der Waals surface area contributed by atoms with Crippen molar-refractivity contribution in [3.05, 3.63) is 27.0 Å². The number of hydrogen-bond donors (Lipinski definition) is 1. The first-order valence-corrected chi connectivity index (χ1v) is 7.79. The first kappa shape index (κ1) is 14.5. The molecule has 2 aromatic heterocycles. The Hall–Kier alpha value is -0.880. The molecule has 0 bridgehead atoms. The second kappa shape index (κ2) is 6.52. The first-order valence-electron chi connectivity index (χ1n) is 6.21. The third-order valence-electron chi connectivity index (χ3n) is 2.56. The maximum absolute atomic E-state index is 5.58. The Morgan fingerprint density at radius 1 is 1.21 bits per heavy atom. The minimum atomic E-state index is 0.601. The molecule has 0 fully saturated rings. The molecular formula is C13H15Br2N3O. The molecule has 0 spiro atoms. The Morgan fingerprint density at radius 2 is 2.00 bits per heavy atom. The van der Waals surface area contributed by atoms with Gasteiger partial charge >= 0.3 is 0 Å². The predicted octanol–water partition coefficient (Wildman–Crippen LogP) is 4.65. The summed E-state index contributed by atoms with van der Waals surface area (Å²) < 4.78 is 7.08. The minimum Gasteiger partial charge on any atom is -0.445 e. The van der Waals surface area contributed by atoms with E-state index >= 15 is 0 Å². The van der Waals surface area contributed by atoms with Crippen LogP contribution in [0.3, 0.4) is 0 Å². The van der Waals surface area contributed by atoms with Crippen molar-refractivity contribution < 1.29 is 4.42 Å². The van der Waals surface area contributed by atoms with Gasteiger partial charge in [0.05, 0.1) is 4.47 Å². The molecule has 102 valence electrons. The number of nitrogens with one attached hydrogen (secondary N) is 1. The van der Waals surface area contributed by atoms with Crippen molar-refractivity contribution in [3.8, 4) is 11.6 Å². The Bertz CT molecular complexity index is 550. The topological polar surface area (TPSA) is 51.0 Å². The maximum atomic E-state index is 5.58. The number of nitrogens with zero attached hydrogens (tertiary/aromatic N) is 2. The lowest BCUT2D eigenvalue weighted by Crippen LogP contribution is -2.05. The van der Waals surface area contributed by atoms with E-state index in [9.17, 15) is 0 Å². The fraction of sp³-hybridized carbons (Fsp3) is 0.385. The van der Waals surface area contributed by atoms with Crippen LogP contribution >= 0.6 is 31.9 Å². The average molecular weight is 389 g/mol. The van der Waals surface area contributed by atoms with E-state index in [1.54, 1.807) is 0 Å². The summed E-state index contributed by atoms with van der Waals surface area (Å²) in [5.74, 6) is 2.09. The highest BCUT2D eigenvalue weighted by molar-refractivity contribution is 9.13. The van der Waals surface area contributed by atoms with Gasteiger partial charge in [-0.05, 0) is 44.7 Å². The van der Waals surface area contributed by atoms with Gasteiger partial charge in [-0.1, -0.05) is 13.8 Å². The van der Waals surface area contributed by atoms with Gasteiger partial charge in [0.1, 0.15) is 5.82 Å². The Balaban J connectivity index is 2.38. The second-order valence-corrected chi connectivity index (χ2v) is 5.66. The van der Waals surface area contributed by atoms with E-state index in [-0.39, 0.29) is 0 Å². The molecule has 19 heavy (non-hydrogen) atoms. The molecule has 0 radical (unpaired) electrons. The van der Waals surface area contributed by atoms with Crippen LogP contribution in [0, 0.1) is 0 Å². The van der Waals surface area contributed by atoms with Crippen molar-refractivity contribution >= 4 is 37.7 Å². The van der Waals surface area contributed by atoms with Crippen LogP contribution in [0.2, 0.25) is 0 Å². The molecule has 6 heteroatoms. The van der Waals surface area contributed by atoms with Gasteiger partial charge in [-0.2, -0.15) is 0 Å². The Morgan fingerprint density at radius 3 is 2.58 bits per heavy atom. The van der Waals surface area contributed by atoms with E-state index in [0.717, 1.165) is 35.4 Å². The summed E-state index contributed by atoms with van der Waals surface area (Å²) in [6, 6.07) is 3.84. The lowest BCUT2D eigenvalue weighted by Gasteiger charge is -2.07. The van der Waals surface area contributed by atoms with Crippen LogP contribution in [0.4, 0.5) is 5.82 Å². The van der Waals surface area contributed by atoms with Gasteiger partial charge in [-0.25, -0.2) is 9.97 Å². The van der Waals surface area contributed by atoms with E-state index in [1.165, 1.54) is 0 Å². The van der Waals surface area contributed by atoms with Crippen molar-refractivity contribution in [1.82, 2.24) is 9.97 Å². The van der Waals surface area contributed by atoms with Crippen LogP contribution < -0.4 is 5.32 Å². The number of furan rings is 1. The zero-order valence-electron chi connectivity index (χ0n) is 10.8. The molecule has 0 unspecified atom stereocenters. The van der Waals surface area contributed by atoms with Gasteiger partial charge in [-0.3, -0.25) is 0 Å². The summed E-state index contributed by atoms with van der Waals surface area (Å²) in [6.07, 6.45) is 1.91. The van der Waals surface area contributed by atoms with E-state index in [4.69, 9.17) is 4.42 Å². The van der Waals surface area contributed by atoms with Gasteiger partial charge in [-0.15, -0.1) is 0 Å². The molecule has 2 heterocycles. The molecule has 0 saturated carbocycles. The minimum absolute atomic E-state index is 0.601. The largest absolute Gasteiger partial charge is 0.445 e. The Labute approximate surface area is 129 Å². The van der Waals surface area contributed by atoms with Crippen LogP contribution in [0.5, 0.6) is 0 Å². The molecule has 0 aliphatic heterocycles. The van der Waals surface area contributed by atoms with Gasteiger partial charge in [0, 0.05) is 24.4 Å². The highest BCUT2D eigenvalue weighted by atomic mass is 79.9. The summed E-state index contributed by atoms with van der Waals surface area (Å²) in [5.41, 5.74) is 0.993. The number of hydrogen-bond acceptors (Lipinski definition) is 4. The third kappa shape index (κ3) is 3.57. The molecule has 2 rings (SSSR count). The Kier molecular flexibility index (Phi) is 4.99. The lowest BCUT2D eigenvalue weighted by atomic mass is 10.3. The average Bonchev–Trinajstić information content (AvgIpc) is 2.76. The van der Waals surface area contributed by atoms with Crippen LogP contribution in [0.25, 0.3) is 11.6 Å². The molecule has 0 aliphatic rings. The monoisotopic (exact) mass is 387 g/mol. The first-order chi connectivity index (χ1) is 9.13. The van der Waals surface area contributed by atoms with Crippen molar-refractivity contribution in [2.75, 3.05) is 11.9 Å². The molecular weight excluding hydrogens is 374 g/mol. The number of halogens is 2. The van der Waals surface area contributed by atoms with Gasteiger partial charge in [0.25, 0.3) is 0 Å². The SMILES string of the molecule is CCCNc1cc(CC)nc(-c2cc(Br)c(Br)o2)n1. The predicted molar refractivity (Wildman–Crippen MR) is 83.3 cm³/mol. The molecule has 0 amide bonds. The van der Waals surface area contributed by atoms with Gasteiger partial charge in [0.15, 0.2) is 16.3 Å². The quantitative estimate of drug-likeness (QED) is 0.810. The molecule has 2 aromatic rings. The van der Waals surface area contributed by atoms with E-state index < -0.39 is 0 Å². The molecule has 1 N–H and O–H groups in total. The summed E-state index contributed by atoms with van der Waals surface area (Å²) in [5, 5.41) is 3.28. The standard InChI is InChI=1S/C13H15Br2N3O/c1-3-5-16-11-6-8(4-2)17-13(18-11)10-7-9(14)12(15)19-10/h6-7H,3-5H2,1-2H3,(H,16,17,18). The van der Waals surface area contributed by atoms with Crippen LogP contribution in [-0.4, -0.2) is 16.5 Å². The van der Waals surface area contributed by atoms with E-state index in [1.807, 2.05) is 12.1 Å². The van der Waals surface area contributed by atoms with Crippen LogP contribution in [-0.2, 0) is 6.42 Å². The number of aryl methyl sites for hydroxylation is 1. The molecule has 4 nitrogen and oxygen atoms in total. The van der Waals surface area contributed by atoms with Gasteiger partial charge in [0.2, 0.25) is 0 Å². The fourth-order valence-corrected chi connectivity index (χ4v) is 2.17. The highest BCUT2D eigenvalue weighted by Crippen LogP contribution is 2.31. The summed E-state index contributed by atoms with van der Waals surface area (Å²) >= 11 is 6.72. The van der Waals surface area contributed by atoms with Crippen molar-refractivity contribution in [2.24, 2.45) is 0 Å². The van der Waals surface area contributed by atoms with E-state index in [0.29, 0.717) is 16.3 Å². The zero-order valence-corrected chi connectivity index (χ0v) is 14.0. The zero-order chi connectivity index (χ0) is 13.8. The van der Waals surface area contributed by atoms with E-state index in [2.05, 4.69) is 61.0 Å². The maximum Gasteiger partial charge on any atom is 0.197 e.